The lowest BCUT2D eigenvalue weighted by molar-refractivity contribution is -0.142. The summed E-state index contributed by atoms with van der Waals surface area (Å²) in [6.07, 6.45) is 0.719. The minimum atomic E-state index is -1.46. The number of guanidine groups is 1. The summed E-state index contributed by atoms with van der Waals surface area (Å²) in [5.41, 5.74) is 10.5. The molecule has 2 heterocycles. The van der Waals surface area contributed by atoms with Gasteiger partial charge in [-0.3, -0.25) is 43.8 Å². The van der Waals surface area contributed by atoms with Gasteiger partial charge in [-0.05, 0) is 32.1 Å². The molecule has 0 spiro atoms. The number of hydrogen-bond acceptors (Lipinski definition) is 10. The Kier molecular flexibility index (Phi) is 14.3. The van der Waals surface area contributed by atoms with Crippen LogP contribution in [0.3, 0.4) is 0 Å². The molecule has 2 aliphatic rings. The van der Waals surface area contributed by atoms with E-state index >= 15 is 0 Å². The summed E-state index contributed by atoms with van der Waals surface area (Å²) in [6.45, 7) is -0.336. The van der Waals surface area contributed by atoms with Crippen LogP contribution in [0, 0.1) is 5.41 Å². The molecular formula is C25H40N10O9S. The number of carbonyl (C=O) groups excluding carboxylic acids is 7. The van der Waals surface area contributed by atoms with E-state index in [4.69, 9.17) is 22.0 Å². The van der Waals surface area contributed by atoms with Crippen LogP contribution in [0.25, 0.3) is 0 Å². The second-order valence-electron chi connectivity index (χ2n) is 10.5. The predicted molar refractivity (Wildman–Crippen MR) is 159 cm³/mol. The van der Waals surface area contributed by atoms with Crippen molar-refractivity contribution >= 4 is 65.9 Å². The highest BCUT2D eigenvalue weighted by Gasteiger charge is 2.39. The first-order valence-electron chi connectivity index (χ1n) is 14.2. The Morgan fingerprint density at radius 3 is 2.24 bits per heavy atom. The van der Waals surface area contributed by atoms with E-state index < -0.39 is 84.6 Å². The molecule has 45 heavy (non-hydrogen) atoms. The van der Waals surface area contributed by atoms with Crippen molar-refractivity contribution in [2.24, 2.45) is 11.5 Å². The van der Waals surface area contributed by atoms with Crippen LogP contribution >= 0.6 is 12.6 Å². The van der Waals surface area contributed by atoms with Crippen LogP contribution in [-0.2, 0) is 38.4 Å². The van der Waals surface area contributed by atoms with Gasteiger partial charge in [0.2, 0.25) is 41.4 Å². The maximum atomic E-state index is 13.5. The molecule has 12 N–H and O–H groups in total. The quantitative estimate of drug-likeness (QED) is 0.0305. The fraction of sp³-hybridized carbons (Fsp3) is 0.640. The second kappa shape index (κ2) is 17.6. The standard InChI is InChI=1S/C25H40N10O9S/c26-17(36)9-14(33-21(41)13-5-6-18(37)31-13)22(42)34-15(11-45)24(44)35-8-2-4-16(35)23(43)32-12(3-1-7-29-25(27)28)20(40)30-10-19(38)39/h12-16,45H,1-11H2,(H2,26,36)(H,30,40)(H,31,37)(H,32,43)(H,33,41)(H,34,42)(H,38,39)(H4,27,28,29)/t12-,13-,14-,15-,16-/m0/s1. The Hall–Kier alpha value is -4.62. The first-order chi connectivity index (χ1) is 21.2. The van der Waals surface area contributed by atoms with Crippen molar-refractivity contribution in [2.75, 3.05) is 25.4 Å². The van der Waals surface area contributed by atoms with Crippen LogP contribution in [0.2, 0.25) is 0 Å². The third kappa shape index (κ3) is 11.8. The molecular weight excluding hydrogens is 616 g/mol. The molecule has 0 aromatic rings. The van der Waals surface area contributed by atoms with Gasteiger partial charge >= 0.3 is 5.97 Å². The number of likely N-dealkylation sites (tertiary alicyclic amines) is 1. The van der Waals surface area contributed by atoms with Crippen LogP contribution < -0.4 is 43.4 Å². The highest BCUT2D eigenvalue weighted by molar-refractivity contribution is 7.80. The summed E-state index contributed by atoms with van der Waals surface area (Å²) < 4.78 is 0. The molecule has 19 nitrogen and oxygen atoms in total. The fourth-order valence-corrected chi connectivity index (χ4v) is 5.05. The van der Waals surface area contributed by atoms with E-state index in [0.717, 1.165) is 0 Å². The van der Waals surface area contributed by atoms with Crippen molar-refractivity contribution in [3.63, 3.8) is 0 Å². The average molecular weight is 657 g/mol. The molecule has 2 aliphatic heterocycles. The Bertz CT molecular complexity index is 1190. The van der Waals surface area contributed by atoms with E-state index in [2.05, 4.69) is 44.5 Å². The average Bonchev–Trinajstić information content (AvgIpc) is 3.64. The summed E-state index contributed by atoms with van der Waals surface area (Å²) in [6, 6.07) is -5.82. The van der Waals surface area contributed by atoms with Gasteiger partial charge < -0.3 is 53.4 Å². The molecule has 250 valence electrons. The number of aliphatic carboxylic acids is 1. The van der Waals surface area contributed by atoms with Gasteiger partial charge in [-0.1, -0.05) is 0 Å². The molecule has 7 amide bonds. The van der Waals surface area contributed by atoms with Gasteiger partial charge in [0.1, 0.15) is 36.8 Å². The Balaban J connectivity index is 2.10. The van der Waals surface area contributed by atoms with E-state index in [9.17, 15) is 38.4 Å². The number of carboxylic acid groups (broad SMARTS) is 1. The van der Waals surface area contributed by atoms with Crippen LogP contribution in [0.4, 0.5) is 0 Å². The van der Waals surface area contributed by atoms with Gasteiger partial charge in [-0.2, -0.15) is 12.6 Å². The van der Waals surface area contributed by atoms with E-state index in [0.29, 0.717) is 6.42 Å². The lowest BCUT2D eigenvalue weighted by Gasteiger charge is -2.30. The minimum Gasteiger partial charge on any atom is -0.480 e. The number of carbonyl (C=O) groups is 8. The molecule has 0 saturated carbocycles. The predicted octanol–water partition coefficient (Wildman–Crippen LogP) is -5.02. The highest BCUT2D eigenvalue weighted by Crippen LogP contribution is 2.20. The zero-order valence-electron chi connectivity index (χ0n) is 24.4. The van der Waals surface area contributed by atoms with Crippen molar-refractivity contribution in [1.82, 2.24) is 36.8 Å². The maximum absolute atomic E-state index is 13.5. The fourth-order valence-electron chi connectivity index (χ4n) is 4.81. The molecule has 0 bridgehead atoms. The maximum Gasteiger partial charge on any atom is 0.322 e. The van der Waals surface area contributed by atoms with Crippen LogP contribution in [0.5, 0.6) is 0 Å². The van der Waals surface area contributed by atoms with Gasteiger partial charge in [0.05, 0.1) is 6.42 Å². The summed E-state index contributed by atoms with van der Waals surface area (Å²) in [7, 11) is 0. The molecule has 5 atom stereocenters. The molecule has 2 fully saturated rings. The summed E-state index contributed by atoms with van der Waals surface area (Å²) in [4.78, 5) is 100. The normalized spacial score (nSPS) is 19.3. The Morgan fingerprint density at radius 1 is 0.978 bits per heavy atom. The summed E-state index contributed by atoms with van der Waals surface area (Å²) >= 11 is 4.16. The van der Waals surface area contributed by atoms with E-state index in [-0.39, 0.29) is 62.8 Å². The number of thiol groups is 1. The molecule has 2 rings (SSSR count). The first-order valence-corrected chi connectivity index (χ1v) is 14.8. The van der Waals surface area contributed by atoms with Gasteiger partial charge in [0.25, 0.3) is 0 Å². The van der Waals surface area contributed by atoms with Crippen molar-refractivity contribution in [3.05, 3.63) is 0 Å². The first kappa shape index (κ1) is 36.6. The van der Waals surface area contributed by atoms with E-state index in [1.165, 1.54) is 4.90 Å². The van der Waals surface area contributed by atoms with E-state index in [1.54, 1.807) is 0 Å². The monoisotopic (exact) mass is 656 g/mol. The lowest BCUT2D eigenvalue weighted by atomic mass is 10.1. The number of nitrogens with one attached hydrogen (secondary N) is 7. The smallest absolute Gasteiger partial charge is 0.322 e. The van der Waals surface area contributed by atoms with E-state index in [1.807, 2.05) is 0 Å². The number of hydrogen-bond donors (Lipinski definition) is 11. The topological polar surface area (TPSA) is 308 Å². The number of nitrogens with two attached hydrogens (primary N) is 2. The number of primary amides is 1. The van der Waals surface area contributed by atoms with Gasteiger partial charge in [-0.15, -0.1) is 0 Å². The molecule has 0 unspecified atom stereocenters. The van der Waals surface area contributed by atoms with Gasteiger partial charge in [0, 0.05) is 25.3 Å². The number of amides is 7. The van der Waals surface area contributed by atoms with Crippen molar-refractivity contribution < 1.29 is 43.5 Å². The molecule has 2 saturated heterocycles. The van der Waals surface area contributed by atoms with Crippen molar-refractivity contribution in [3.8, 4) is 0 Å². The van der Waals surface area contributed by atoms with Gasteiger partial charge in [0.15, 0.2) is 5.96 Å². The molecule has 0 radical (unpaired) electrons. The highest BCUT2D eigenvalue weighted by atomic mass is 32.1. The minimum absolute atomic E-state index is 0.0605. The van der Waals surface area contributed by atoms with Crippen LogP contribution in [0.15, 0.2) is 0 Å². The van der Waals surface area contributed by atoms with Crippen LogP contribution in [-0.4, -0.2) is 119 Å². The SMILES string of the molecule is N=C(N)NCCC[C@H](NC(=O)[C@@H]1CCCN1C(=O)[C@H](CS)NC(=O)[C@H](CC(N)=O)NC(=O)[C@@H]1CCC(=O)N1)C(=O)NCC(=O)O. The van der Waals surface area contributed by atoms with Crippen molar-refractivity contribution in [2.45, 2.75) is 75.2 Å². The second-order valence-corrected chi connectivity index (χ2v) is 10.8. The third-order valence-electron chi connectivity index (χ3n) is 7.02. The number of carboxylic acids is 1. The Morgan fingerprint density at radius 2 is 1.67 bits per heavy atom. The zero-order valence-corrected chi connectivity index (χ0v) is 25.3. The molecule has 0 aliphatic carbocycles. The third-order valence-corrected chi connectivity index (χ3v) is 7.38. The molecule has 20 heteroatoms. The number of nitrogens with zero attached hydrogens (tertiary/aromatic N) is 1. The Labute approximate surface area is 263 Å². The summed E-state index contributed by atoms with van der Waals surface area (Å²) in [5.74, 6) is -6.77. The van der Waals surface area contributed by atoms with Gasteiger partial charge in [-0.25, -0.2) is 0 Å². The zero-order chi connectivity index (χ0) is 33.7. The lowest BCUT2D eigenvalue weighted by Crippen LogP contribution is -2.59. The summed E-state index contributed by atoms with van der Waals surface area (Å²) in [5, 5.41) is 30.7. The van der Waals surface area contributed by atoms with Crippen molar-refractivity contribution in [1.29, 1.82) is 5.41 Å². The molecule has 0 aromatic heterocycles. The molecule has 0 aromatic carbocycles. The largest absolute Gasteiger partial charge is 0.480 e. The van der Waals surface area contributed by atoms with Crippen LogP contribution in [0.1, 0.15) is 44.9 Å². The number of rotatable bonds is 17.